The smallest absolute Gasteiger partial charge is 0.242 e. The number of aliphatic imine (C=N–C) groups is 1. The summed E-state index contributed by atoms with van der Waals surface area (Å²) in [7, 11) is 1.78. The van der Waals surface area contributed by atoms with Crippen LogP contribution in [0, 0.1) is 0 Å². The van der Waals surface area contributed by atoms with Crippen LogP contribution in [-0.4, -0.2) is 92.6 Å². The van der Waals surface area contributed by atoms with E-state index in [0.717, 1.165) is 70.3 Å². The molecule has 0 atom stereocenters. The standard InChI is InChI=1S/C21H32ClN5O2.HI/c1-23-21(24-8-2-3-9-25-12-14-29-15-13-25)27-11-10-26(20(28)17-27)16-18-4-6-19(22)7-5-18;/h4-7H,2-3,8-17H2,1H3,(H,23,24);1H. The van der Waals surface area contributed by atoms with Gasteiger partial charge in [0.1, 0.15) is 0 Å². The number of morpholine rings is 1. The van der Waals surface area contributed by atoms with Crippen molar-refractivity contribution < 1.29 is 9.53 Å². The molecular weight excluding hydrogens is 517 g/mol. The quantitative estimate of drug-likeness (QED) is 0.245. The maximum absolute atomic E-state index is 12.6. The van der Waals surface area contributed by atoms with Crippen molar-refractivity contribution >= 4 is 47.4 Å². The summed E-state index contributed by atoms with van der Waals surface area (Å²) in [6.45, 7) is 8.23. The van der Waals surface area contributed by atoms with Gasteiger partial charge in [0.05, 0.1) is 19.8 Å². The van der Waals surface area contributed by atoms with E-state index < -0.39 is 0 Å². The lowest BCUT2D eigenvalue weighted by atomic mass is 10.2. The van der Waals surface area contributed by atoms with Crippen LogP contribution in [0.1, 0.15) is 18.4 Å². The maximum Gasteiger partial charge on any atom is 0.242 e. The van der Waals surface area contributed by atoms with Crippen molar-refractivity contribution in [2.45, 2.75) is 19.4 Å². The van der Waals surface area contributed by atoms with Gasteiger partial charge in [0, 0.05) is 51.3 Å². The second kappa shape index (κ2) is 13.3. The third-order valence-corrected chi connectivity index (χ3v) is 5.66. The molecule has 30 heavy (non-hydrogen) atoms. The molecule has 168 valence electrons. The Hall–Kier alpha value is -1.10. The first-order chi connectivity index (χ1) is 14.2. The van der Waals surface area contributed by atoms with Crippen molar-refractivity contribution in [1.82, 2.24) is 20.0 Å². The highest BCUT2D eigenvalue weighted by atomic mass is 127. The number of hydrogen-bond acceptors (Lipinski definition) is 4. The number of nitrogens with zero attached hydrogens (tertiary/aromatic N) is 4. The monoisotopic (exact) mass is 549 g/mol. The first-order valence-corrected chi connectivity index (χ1v) is 10.8. The molecule has 3 rings (SSSR count). The molecule has 0 spiro atoms. The molecule has 2 heterocycles. The Morgan fingerprint density at radius 3 is 2.53 bits per heavy atom. The first kappa shape index (κ1) is 25.2. The molecule has 2 fully saturated rings. The number of ether oxygens (including phenoxy) is 1. The van der Waals surface area contributed by atoms with Crippen molar-refractivity contribution in [3.05, 3.63) is 34.9 Å². The molecule has 0 radical (unpaired) electrons. The largest absolute Gasteiger partial charge is 0.379 e. The Bertz CT molecular complexity index is 682. The number of unbranched alkanes of at least 4 members (excludes halogenated alkanes) is 1. The first-order valence-electron chi connectivity index (χ1n) is 10.4. The van der Waals surface area contributed by atoms with E-state index in [4.69, 9.17) is 16.3 Å². The number of guanidine groups is 1. The number of carbonyl (C=O) groups excluding carboxylic acids is 1. The van der Waals surface area contributed by atoms with E-state index >= 15 is 0 Å². The van der Waals surface area contributed by atoms with Crippen LogP contribution < -0.4 is 5.32 Å². The van der Waals surface area contributed by atoms with Gasteiger partial charge in [-0.3, -0.25) is 14.7 Å². The van der Waals surface area contributed by atoms with Gasteiger partial charge in [0.25, 0.3) is 0 Å². The zero-order chi connectivity index (χ0) is 20.5. The average Bonchev–Trinajstić information content (AvgIpc) is 2.74. The maximum atomic E-state index is 12.6. The summed E-state index contributed by atoms with van der Waals surface area (Å²) in [4.78, 5) is 23.4. The van der Waals surface area contributed by atoms with E-state index in [-0.39, 0.29) is 29.9 Å². The van der Waals surface area contributed by atoms with E-state index in [2.05, 4.69) is 15.2 Å². The van der Waals surface area contributed by atoms with Gasteiger partial charge in [-0.1, -0.05) is 23.7 Å². The van der Waals surface area contributed by atoms with Crippen LogP contribution in [0.25, 0.3) is 0 Å². The lowest BCUT2D eigenvalue weighted by Crippen LogP contribution is -2.55. The Balaban J connectivity index is 0.00000320. The number of amides is 1. The van der Waals surface area contributed by atoms with Crippen molar-refractivity contribution in [2.24, 2.45) is 4.99 Å². The lowest BCUT2D eigenvalue weighted by Gasteiger charge is -2.36. The summed E-state index contributed by atoms with van der Waals surface area (Å²) in [5, 5.41) is 4.13. The highest BCUT2D eigenvalue weighted by molar-refractivity contribution is 14.0. The predicted molar refractivity (Wildman–Crippen MR) is 132 cm³/mol. The normalized spacial score (nSPS) is 18.3. The molecule has 0 saturated carbocycles. The molecule has 0 unspecified atom stereocenters. The molecule has 1 N–H and O–H groups in total. The van der Waals surface area contributed by atoms with Gasteiger partial charge in [0.15, 0.2) is 5.96 Å². The number of hydrogen-bond donors (Lipinski definition) is 1. The molecule has 0 bridgehead atoms. The van der Waals surface area contributed by atoms with Crippen LogP contribution in [0.15, 0.2) is 29.3 Å². The van der Waals surface area contributed by atoms with Gasteiger partial charge >= 0.3 is 0 Å². The summed E-state index contributed by atoms with van der Waals surface area (Å²) in [6.07, 6.45) is 2.23. The highest BCUT2D eigenvalue weighted by Crippen LogP contribution is 2.13. The zero-order valence-electron chi connectivity index (χ0n) is 17.7. The summed E-state index contributed by atoms with van der Waals surface area (Å²) >= 11 is 5.94. The van der Waals surface area contributed by atoms with Crippen LogP contribution in [0.4, 0.5) is 0 Å². The topological polar surface area (TPSA) is 60.4 Å². The molecule has 7 nitrogen and oxygen atoms in total. The van der Waals surface area contributed by atoms with E-state index in [1.54, 1.807) is 7.05 Å². The van der Waals surface area contributed by atoms with E-state index in [0.29, 0.717) is 24.7 Å². The van der Waals surface area contributed by atoms with Crippen molar-refractivity contribution in [3.8, 4) is 0 Å². The Labute approximate surface area is 201 Å². The Morgan fingerprint density at radius 2 is 1.87 bits per heavy atom. The molecule has 1 aromatic rings. The van der Waals surface area contributed by atoms with E-state index in [1.807, 2.05) is 34.1 Å². The number of benzene rings is 1. The Kier molecular flexibility index (Phi) is 11.2. The van der Waals surface area contributed by atoms with Crippen LogP contribution >= 0.6 is 35.6 Å². The van der Waals surface area contributed by atoms with Gasteiger partial charge < -0.3 is 19.9 Å². The number of piperazine rings is 1. The van der Waals surface area contributed by atoms with Crippen LogP contribution in [0.5, 0.6) is 0 Å². The van der Waals surface area contributed by atoms with Gasteiger partial charge in [-0.25, -0.2) is 0 Å². The van der Waals surface area contributed by atoms with E-state index in [9.17, 15) is 4.79 Å². The van der Waals surface area contributed by atoms with Crippen LogP contribution in [0.2, 0.25) is 5.02 Å². The van der Waals surface area contributed by atoms with Crippen molar-refractivity contribution in [1.29, 1.82) is 0 Å². The van der Waals surface area contributed by atoms with Crippen LogP contribution in [-0.2, 0) is 16.1 Å². The lowest BCUT2D eigenvalue weighted by molar-refractivity contribution is -0.135. The number of rotatable bonds is 7. The van der Waals surface area contributed by atoms with Gasteiger partial charge in [0.2, 0.25) is 5.91 Å². The zero-order valence-corrected chi connectivity index (χ0v) is 20.8. The summed E-state index contributed by atoms with van der Waals surface area (Å²) < 4.78 is 5.38. The summed E-state index contributed by atoms with van der Waals surface area (Å²) in [5.74, 6) is 0.942. The molecule has 0 aliphatic carbocycles. The minimum absolute atomic E-state index is 0. The van der Waals surface area contributed by atoms with Crippen molar-refractivity contribution in [3.63, 3.8) is 0 Å². The molecule has 1 aromatic carbocycles. The summed E-state index contributed by atoms with van der Waals surface area (Å²) in [6, 6.07) is 7.67. The molecule has 2 aliphatic heterocycles. The fourth-order valence-electron chi connectivity index (χ4n) is 3.68. The molecular formula is C21H33ClIN5O2. The highest BCUT2D eigenvalue weighted by Gasteiger charge is 2.25. The van der Waals surface area contributed by atoms with E-state index in [1.165, 1.54) is 0 Å². The minimum atomic E-state index is 0. The Morgan fingerprint density at radius 1 is 1.13 bits per heavy atom. The third-order valence-electron chi connectivity index (χ3n) is 5.40. The van der Waals surface area contributed by atoms with Crippen LogP contribution in [0.3, 0.4) is 0 Å². The second-order valence-corrected chi connectivity index (χ2v) is 7.93. The molecule has 1 amide bonds. The third kappa shape index (κ3) is 7.86. The molecule has 2 saturated heterocycles. The molecule has 9 heteroatoms. The number of halogens is 2. The minimum Gasteiger partial charge on any atom is -0.379 e. The predicted octanol–water partition coefficient (Wildman–Crippen LogP) is 2.29. The average molecular weight is 550 g/mol. The summed E-state index contributed by atoms with van der Waals surface area (Å²) in [5.41, 5.74) is 1.10. The fourth-order valence-corrected chi connectivity index (χ4v) is 3.81. The SMILES string of the molecule is CN=C(NCCCCN1CCOCC1)N1CCN(Cc2ccc(Cl)cc2)C(=O)C1.I. The van der Waals surface area contributed by atoms with Gasteiger partial charge in [-0.05, 0) is 37.1 Å². The molecule has 2 aliphatic rings. The fraction of sp³-hybridized carbons (Fsp3) is 0.619. The molecule has 0 aromatic heterocycles. The van der Waals surface area contributed by atoms with Gasteiger partial charge in [-0.15, -0.1) is 24.0 Å². The second-order valence-electron chi connectivity index (χ2n) is 7.50. The number of carbonyl (C=O) groups is 1. The number of nitrogens with one attached hydrogen (secondary N) is 1. The van der Waals surface area contributed by atoms with Crippen molar-refractivity contribution in [2.75, 3.05) is 66.1 Å². The van der Waals surface area contributed by atoms with Gasteiger partial charge in [-0.2, -0.15) is 0 Å².